The summed E-state index contributed by atoms with van der Waals surface area (Å²) in [4.78, 5) is 18.7. The van der Waals surface area contributed by atoms with Gasteiger partial charge in [0.1, 0.15) is 5.82 Å². The molecule has 1 amide bonds. The first-order valence-electron chi connectivity index (χ1n) is 9.61. The fraction of sp³-hybridized carbons (Fsp3) is 0.600. The molecular formula is C20H31FN4O. The minimum absolute atomic E-state index is 0.165. The molecule has 0 aromatic heterocycles. The number of rotatable bonds is 7. The van der Waals surface area contributed by atoms with Gasteiger partial charge in [0.05, 0.1) is 6.54 Å². The van der Waals surface area contributed by atoms with Crippen LogP contribution in [0.5, 0.6) is 0 Å². The maximum Gasteiger partial charge on any atom is 0.223 e. The van der Waals surface area contributed by atoms with Gasteiger partial charge < -0.3 is 15.5 Å². The van der Waals surface area contributed by atoms with Crippen molar-refractivity contribution < 1.29 is 9.18 Å². The lowest BCUT2D eigenvalue weighted by Crippen LogP contribution is -2.39. The van der Waals surface area contributed by atoms with Crippen LogP contribution < -0.4 is 10.6 Å². The monoisotopic (exact) mass is 362 g/mol. The lowest BCUT2D eigenvalue weighted by Gasteiger charge is -2.22. The van der Waals surface area contributed by atoms with Crippen LogP contribution in [0, 0.1) is 11.7 Å². The van der Waals surface area contributed by atoms with Crippen molar-refractivity contribution in [3.8, 4) is 0 Å². The van der Waals surface area contributed by atoms with Crippen LogP contribution in [0.1, 0.15) is 44.6 Å². The Bertz CT molecular complexity index is 599. The van der Waals surface area contributed by atoms with Crippen LogP contribution in [0.25, 0.3) is 0 Å². The summed E-state index contributed by atoms with van der Waals surface area (Å²) in [5.74, 6) is 0.863. The molecule has 1 aromatic rings. The molecule has 0 spiro atoms. The van der Waals surface area contributed by atoms with Gasteiger partial charge in [0.15, 0.2) is 5.96 Å². The molecule has 1 saturated carbocycles. The van der Waals surface area contributed by atoms with Gasteiger partial charge in [-0.15, -0.1) is 0 Å². The van der Waals surface area contributed by atoms with Crippen LogP contribution in [-0.4, -0.2) is 43.4 Å². The number of hydrogen-bond acceptors (Lipinski definition) is 2. The predicted octanol–water partition coefficient (Wildman–Crippen LogP) is 2.92. The summed E-state index contributed by atoms with van der Waals surface area (Å²) in [6.45, 7) is 4.39. The zero-order valence-corrected chi connectivity index (χ0v) is 15.9. The largest absolute Gasteiger partial charge is 0.357 e. The molecule has 1 aliphatic rings. The van der Waals surface area contributed by atoms with Crippen molar-refractivity contribution in [2.45, 2.75) is 45.6 Å². The second-order valence-electron chi connectivity index (χ2n) is 6.85. The Morgan fingerprint density at radius 1 is 1.27 bits per heavy atom. The molecule has 6 heteroatoms. The van der Waals surface area contributed by atoms with Gasteiger partial charge in [-0.2, -0.15) is 0 Å². The third-order valence-corrected chi connectivity index (χ3v) is 4.65. The van der Waals surface area contributed by atoms with Gasteiger partial charge in [-0.25, -0.2) is 4.39 Å². The zero-order chi connectivity index (χ0) is 18.8. The summed E-state index contributed by atoms with van der Waals surface area (Å²) < 4.78 is 13.3. The van der Waals surface area contributed by atoms with Gasteiger partial charge in [-0.1, -0.05) is 31.4 Å². The molecule has 5 nitrogen and oxygen atoms in total. The maximum atomic E-state index is 13.3. The Balaban J connectivity index is 1.82. The number of benzene rings is 1. The molecule has 144 valence electrons. The summed E-state index contributed by atoms with van der Waals surface area (Å²) in [6, 6.07) is 6.58. The summed E-state index contributed by atoms with van der Waals surface area (Å²) in [5, 5.41) is 6.24. The number of aliphatic imine (C=N–C) groups is 1. The summed E-state index contributed by atoms with van der Waals surface area (Å²) in [5.41, 5.74) is 0.892. The van der Waals surface area contributed by atoms with Crippen LogP contribution >= 0.6 is 0 Å². The van der Waals surface area contributed by atoms with Gasteiger partial charge in [-0.05, 0) is 37.5 Å². The van der Waals surface area contributed by atoms with E-state index in [-0.39, 0.29) is 17.6 Å². The number of carbonyl (C=O) groups excluding carboxylic acids is 1. The van der Waals surface area contributed by atoms with Gasteiger partial charge >= 0.3 is 0 Å². The average Bonchev–Trinajstić information content (AvgIpc) is 2.64. The Kier molecular flexibility index (Phi) is 8.38. The molecule has 0 unspecified atom stereocenters. The predicted molar refractivity (Wildman–Crippen MR) is 103 cm³/mol. The molecular weight excluding hydrogens is 331 g/mol. The molecule has 0 heterocycles. The molecule has 0 atom stereocenters. The summed E-state index contributed by atoms with van der Waals surface area (Å²) in [7, 11) is 1.92. The van der Waals surface area contributed by atoms with E-state index in [0.29, 0.717) is 19.6 Å². The van der Waals surface area contributed by atoms with E-state index in [1.54, 1.807) is 6.07 Å². The quantitative estimate of drug-likeness (QED) is 0.445. The van der Waals surface area contributed by atoms with Crippen molar-refractivity contribution in [1.29, 1.82) is 0 Å². The second-order valence-corrected chi connectivity index (χ2v) is 6.85. The van der Waals surface area contributed by atoms with Crippen molar-refractivity contribution in [2.75, 3.05) is 26.7 Å². The Morgan fingerprint density at radius 3 is 2.73 bits per heavy atom. The topological polar surface area (TPSA) is 56.7 Å². The molecule has 0 radical (unpaired) electrons. The summed E-state index contributed by atoms with van der Waals surface area (Å²) >= 11 is 0. The van der Waals surface area contributed by atoms with E-state index < -0.39 is 0 Å². The molecule has 2 N–H and O–H groups in total. The lowest BCUT2D eigenvalue weighted by molar-refractivity contribution is -0.125. The van der Waals surface area contributed by atoms with Crippen LogP contribution in [0.2, 0.25) is 0 Å². The Morgan fingerprint density at radius 2 is 2.04 bits per heavy atom. The average molecular weight is 362 g/mol. The van der Waals surface area contributed by atoms with Crippen molar-refractivity contribution in [2.24, 2.45) is 10.9 Å². The highest BCUT2D eigenvalue weighted by Crippen LogP contribution is 2.23. The van der Waals surface area contributed by atoms with Crippen molar-refractivity contribution in [3.63, 3.8) is 0 Å². The Hall–Kier alpha value is -2.11. The number of nitrogens with one attached hydrogen (secondary N) is 2. The van der Waals surface area contributed by atoms with E-state index in [1.807, 2.05) is 24.9 Å². The first-order chi connectivity index (χ1) is 12.6. The fourth-order valence-electron chi connectivity index (χ4n) is 3.30. The van der Waals surface area contributed by atoms with E-state index >= 15 is 0 Å². The molecule has 0 saturated heterocycles. The van der Waals surface area contributed by atoms with Crippen molar-refractivity contribution >= 4 is 11.9 Å². The van der Waals surface area contributed by atoms with Crippen LogP contribution in [0.3, 0.4) is 0 Å². The number of carbonyl (C=O) groups is 1. The third-order valence-electron chi connectivity index (χ3n) is 4.65. The number of amides is 1. The highest BCUT2D eigenvalue weighted by atomic mass is 19.1. The molecule has 1 fully saturated rings. The SMILES string of the molecule is CCNC(=NCCNC(=O)C1CCCCC1)N(C)Cc1cccc(F)c1. The minimum atomic E-state index is -0.233. The second kappa shape index (κ2) is 10.8. The summed E-state index contributed by atoms with van der Waals surface area (Å²) in [6.07, 6.45) is 5.58. The van der Waals surface area contributed by atoms with E-state index in [2.05, 4.69) is 15.6 Å². The molecule has 26 heavy (non-hydrogen) atoms. The van der Waals surface area contributed by atoms with E-state index in [9.17, 15) is 9.18 Å². The first-order valence-corrected chi connectivity index (χ1v) is 9.61. The van der Waals surface area contributed by atoms with E-state index in [1.165, 1.54) is 18.6 Å². The number of hydrogen-bond donors (Lipinski definition) is 2. The first kappa shape index (κ1) is 20.2. The highest BCUT2D eigenvalue weighted by Gasteiger charge is 2.20. The fourth-order valence-corrected chi connectivity index (χ4v) is 3.30. The Labute approximate surface area is 156 Å². The molecule has 0 aliphatic heterocycles. The van der Waals surface area contributed by atoms with Crippen LogP contribution in [-0.2, 0) is 11.3 Å². The van der Waals surface area contributed by atoms with Crippen molar-refractivity contribution in [1.82, 2.24) is 15.5 Å². The maximum absolute atomic E-state index is 13.3. The minimum Gasteiger partial charge on any atom is -0.357 e. The number of halogens is 1. The molecule has 2 rings (SSSR count). The highest BCUT2D eigenvalue weighted by molar-refractivity contribution is 5.80. The van der Waals surface area contributed by atoms with Crippen molar-refractivity contribution in [3.05, 3.63) is 35.6 Å². The van der Waals surface area contributed by atoms with Crippen LogP contribution in [0.15, 0.2) is 29.3 Å². The standard InChI is InChI=1S/C20H31FN4O/c1-3-22-20(25(2)15-16-8-7-11-18(21)14-16)24-13-12-23-19(26)17-9-5-4-6-10-17/h7-8,11,14,17H,3-6,9-10,12-13,15H2,1-2H3,(H,22,24)(H,23,26). The zero-order valence-electron chi connectivity index (χ0n) is 15.9. The molecule has 1 aromatic carbocycles. The van der Waals surface area contributed by atoms with Gasteiger partial charge in [0.2, 0.25) is 5.91 Å². The molecule has 0 bridgehead atoms. The lowest BCUT2D eigenvalue weighted by atomic mass is 9.89. The van der Waals surface area contributed by atoms with Gasteiger partial charge in [0, 0.05) is 32.6 Å². The van der Waals surface area contributed by atoms with Gasteiger partial charge in [0.25, 0.3) is 0 Å². The number of guanidine groups is 1. The van der Waals surface area contributed by atoms with Crippen LogP contribution in [0.4, 0.5) is 4.39 Å². The van der Waals surface area contributed by atoms with Gasteiger partial charge in [-0.3, -0.25) is 9.79 Å². The van der Waals surface area contributed by atoms with E-state index in [0.717, 1.165) is 43.8 Å². The smallest absolute Gasteiger partial charge is 0.223 e. The number of nitrogens with zero attached hydrogens (tertiary/aromatic N) is 2. The molecule has 1 aliphatic carbocycles. The third kappa shape index (κ3) is 6.65. The van der Waals surface area contributed by atoms with E-state index in [4.69, 9.17) is 0 Å². The normalized spacial score (nSPS) is 15.6.